The van der Waals surface area contributed by atoms with Crippen LogP contribution < -0.4 is 4.90 Å². The van der Waals surface area contributed by atoms with E-state index in [1.54, 1.807) is 0 Å². The van der Waals surface area contributed by atoms with Gasteiger partial charge in [0, 0.05) is 51.5 Å². The molecule has 27 heavy (non-hydrogen) atoms. The van der Waals surface area contributed by atoms with Gasteiger partial charge in [-0.3, -0.25) is 9.69 Å². The van der Waals surface area contributed by atoms with E-state index in [0.717, 1.165) is 60.8 Å². The molecule has 4 rings (SSSR count). The summed E-state index contributed by atoms with van der Waals surface area (Å²) in [6.45, 7) is 3.98. The van der Waals surface area contributed by atoms with Gasteiger partial charge in [-0.25, -0.2) is 4.98 Å². The molecule has 2 heterocycles. The zero-order valence-corrected chi connectivity index (χ0v) is 15.9. The van der Waals surface area contributed by atoms with Gasteiger partial charge in [0.05, 0.1) is 17.6 Å². The van der Waals surface area contributed by atoms with Gasteiger partial charge in [0.1, 0.15) is 5.82 Å². The zero-order chi connectivity index (χ0) is 18.8. The number of aromatic nitrogens is 2. The molecule has 0 saturated carbocycles. The van der Waals surface area contributed by atoms with Crippen LogP contribution in [0.15, 0.2) is 48.5 Å². The average molecular weight is 363 g/mol. The number of imidazole rings is 1. The number of carbonyl (C=O) groups is 1. The third kappa shape index (κ3) is 3.80. The largest absolute Gasteiger partial charge is 0.378 e. The molecule has 1 amide bonds. The van der Waals surface area contributed by atoms with Crippen molar-refractivity contribution in [2.75, 3.05) is 45.2 Å². The molecule has 6 nitrogen and oxygen atoms in total. The fourth-order valence-electron chi connectivity index (χ4n) is 3.50. The number of rotatable bonds is 4. The fourth-order valence-corrected chi connectivity index (χ4v) is 3.50. The number of nitrogens with one attached hydrogen (secondary N) is 1. The molecular formula is C21H25N5O. The van der Waals surface area contributed by atoms with Gasteiger partial charge in [0.15, 0.2) is 0 Å². The minimum atomic E-state index is 0.113. The van der Waals surface area contributed by atoms with Crippen LogP contribution in [-0.4, -0.2) is 65.9 Å². The normalized spacial score (nSPS) is 15.3. The first-order valence-electron chi connectivity index (χ1n) is 9.33. The maximum absolute atomic E-state index is 12.8. The molecule has 1 aliphatic heterocycles. The van der Waals surface area contributed by atoms with Gasteiger partial charge in [-0.1, -0.05) is 18.2 Å². The monoisotopic (exact) mass is 363 g/mol. The number of benzene rings is 2. The predicted molar refractivity (Wildman–Crippen MR) is 108 cm³/mol. The molecule has 0 atom stereocenters. The molecule has 0 aliphatic carbocycles. The lowest BCUT2D eigenvalue weighted by molar-refractivity contribution is 0.0626. The second-order valence-corrected chi connectivity index (χ2v) is 7.21. The highest BCUT2D eigenvalue weighted by Gasteiger charge is 2.23. The van der Waals surface area contributed by atoms with E-state index in [2.05, 4.69) is 14.9 Å². The molecule has 1 N–H and O–H groups in total. The van der Waals surface area contributed by atoms with Gasteiger partial charge >= 0.3 is 0 Å². The molecule has 0 bridgehead atoms. The van der Waals surface area contributed by atoms with Crippen LogP contribution in [0.2, 0.25) is 0 Å². The third-order valence-corrected chi connectivity index (χ3v) is 5.08. The molecule has 0 radical (unpaired) electrons. The van der Waals surface area contributed by atoms with Gasteiger partial charge in [-0.15, -0.1) is 0 Å². The number of fused-ring (bicyclic) bond motifs is 1. The molecule has 6 heteroatoms. The van der Waals surface area contributed by atoms with Crippen molar-refractivity contribution >= 4 is 22.6 Å². The Morgan fingerprint density at radius 3 is 2.59 bits per heavy atom. The SMILES string of the molecule is CN(C)c1cccc(C(=O)N2CCN(Cc3nc4ccccc4[nH]3)CC2)c1. The molecule has 1 fully saturated rings. The van der Waals surface area contributed by atoms with Crippen LogP contribution in [0, 0.1) is 0 Å². The molecule has 1 aliphatic rings. The zero-order valence-electron chi connectivity index (χ0n) is 15.9. The Balaban J connectivity index is 1.37. The summed E-state index contributed by atoms with van der Waals surface area (Å²) in [5.41, 5.74) is 3.88. The Kier molecular flexibility index (Phi) is 4.81. The van der Waals surface area contributed by atoms with Gasteiger partial charge in [-0.2, -0.15) is 0 Å². The van der Waals surface area contributed by atoms with Crippen LogP contribution in [0.3, 0.4) is 0 Å². The number of aromatic amines is 1. The van der Waals surface area contributed by atoms with Gasteiger partial charge in [0.2, 0.25) is 0 Å². The minimum Gasteiger partial charge on any atom is -0.378 e. The van der Waals surface area contributed by atoms with Crippen LogP contribution in [0.5, 0.6) is 0 Å². The summed E-state index contributed by atoms with van der Waals surface area (Å²) >= 11 is 0. The Labute approximate surface area is 159 Å². The van der Waals surface area contributed by atoms with E-state index in [1.165, 1.54) is 0 Å². The molecule has 3 aromatic rings. The summed E-state index contributed by atoms with van der Waals surface area (Å²) in [5, 5.41) is 0. The van der Waals surface area contributed by atoms with Crippen molar-refractivity contribution in [3.63, 3.8) is 0 Å². The van der Waals surface area contributed by atoms with E-state index in [9.17, 15) is 4.79 Å². The van der Waals surface area contributed by atoms with Gasteiger partial charge < -0.3 is 14.8 Å². The van der Waals surface area contributed by atoms with Crippen molar-refractivity contribution < 1.29 is 4.79 Å². The second kappa shape index (κ2) is 7.40. The van der Waals surface area contributed by atoms with Crippen molar-refractivity contribution in [3.05, 3.63) is 59.9 Å². The molecule has 1 aromatic heterocycles. The molecular weight excluding hydrogens is 338 g/mol. The molecule has 0 spiro atoms. The third-order valence-electron chi connectivity index (χ3n) is 5.08. The molecule has 140 valence electrons. The van der Waals surface area contributed by atoms with E-state index in [4.69, 9.17) is 0 Å². The summed E-state index contributed by atoms with van der Waals surface area (Å²) in [5.74, 6) is 1.09. The number of carbonyl (C=O) groups excluding carboxylic acids is 1. The number of nitrogens with zero attached hydrogens (tertiary/aromatic N) is 4. The van der Waals surface area contributed by atoms with Crippen molar-refractivity contribution in [1.29, 1.82) is 0 Å². The summed E-state index contributed by atoms with van der Waals surface area (Å²) < 4.78 is 0. The van der Waals surface area contributed by atoms with Gasteiger partial charge in [-0.05, 0) is 30.3 Å². The lowest BCUT2D eigenvalue weighted by Crippen LogP contribution is -2.48. The molecule has 0 unspecified atom stereocenters. The van der Waals surface area contributed by atoms with Gasteiger partial charge in [0.25, 0.3) is 5.91 Å². The fraction of sp³-hybridized carbons (Fsp3) is 0.333. The van der Waals surface area contributed by atoms with Crippen LogP contribution >= 0.6 is 0 Å². The number of hydrogen-bond donors (Lipinski definition) is 1. The van der Waals surface area contributed by atoms with E-state index >= 15 is 0 Å². The molecule has 1 saturated heterocycles. The second-order valence-electron chi connectivity index (χ2n) is 7.21. The van der Waals surface area contributed by atoms with E-state index in [-0.39, 0.29) is 5.91 Å². The quantitative estimate of drug-likeness (QED) is 0.774. The number of H-pyrrole nitrogens is 1. The Hall–Kier alpha value is -2.86. The summed E-state index contributed by atoms with van der Waals surface area (Å²) in [6, 6.07) is 15.9. The smallest absolute Gasteiger partial charge is 0.254 e. The average Bonchev–Trinajstić information content (AvgIpc) is 3.10. The topological polar surface area (TPSA) is 55.5 Å². The van der Waals surface area contributed by atoms with Crippen molar-refractivity contribution in [1.82, 2.24) is 19.8 Å². The maximum Gasteiger partial charge on any atom is 0.254 e. The lowest BCUT2D eigenvalue weighted by Gasteiger charge is -2.34. The Morgan fingerprint density at radius 1 is 1.07 bits per heavy atom. The Morgan fingerprint density at radius 2 is 1.85 bits per heavy atom. The summed E-state index contributed by atoms with van der Waals surface area (Å²) in [7, 11) is 3.97. The minimum absolute atomic E-state index is 0.113. The highest BCUT2D eigenvalue weighted by molar-refractivity contribution is 5.95. The van der Waals surface area contributed by atoms with E-state index < -0.39 is 0 Å². The predicted octanol–water partition coefficient (Wildman–Crippen LogP) is 2.59. The van der Waals surface area contributed by atoms with Crippen molar-refractivity contribution in [2.24, 2.45) is 0 Å². The summed E-state index contributed by atoms with van der Waals surface area (Å²) in [6.07, 6.45) is 0. The number of para-hydroxylation sites is 2. The first-order valence-corrected chi connectivity index (χ1v) is 9.33. The molecule has 2 aromatic carbocycles. The summed E-state index contributed by atoms with van der Waals surface area (Å²) in [4.78, 5) is 27.2. The van der Waals surface area contributed by atoms with Crippen LogP contribution in [0.4, 0.5) is 5.69 Å². The highest BCUT2D eigenvalue weighted by atomic mass is 16.2. The number of amides is 1. The van der Waals surface area contributed by atoms with E-state index in [0.29, 0.717) is 0 Å². The van der Waals surface area contributed by atoms with Crippen molar-refractivity contribution in [3.8, 4) is 0 Å². The first-order chi connectivity index (χ1) is 13.1. The first kappa shape index (κ1) is 17.5. The number of anilines is 1. The Bertz CT molecular complexity index is 907. The lowest BCUT2D eigenvalue weighted by atomic mass is 10.1. The number of piperazine rings is 1. The van der Waals surface area contributed by atoms with Crippen molar-refractivity contribution in [2.45, 2.75) is 6.54 Å². The maximum atomic E-state index is 12.8. The van der Waals surface area contributed by atoms with Crippen LogP contribution in [0.1, 0.15) is 16.2 Å². The van der Waals surface area contributed by atoms with Crippen LogP contribution in [-0.2, 0) is 6.54 Å². The number of hydrogen-bond acceptors (Lipinski definition) is 4. The standard InChI is InChI=1S/C21H25N5O/c1-24(2)17-7-5-6-16(14-17)21(27)26-12-10-25(11-13-26)15-20-22-18-8-3-4-9-19(18)23-20/h3-9,14H,10-13,15H2,1-2H3,(H,22,23). The van der Waals surface area contributed by atoms with Crippen LogP contribution in [0.25, 0.3) is 11.0 Å². The highest BCUT2D eigenvalue weighted by Crippen LogP contribution is 2.17. The van der Waals surface area contributed by atoms with E-state index in [1.807, 2.05) is 72.4 Å².